The van der Waals surface area contributed by atoms with Crippen molar-refractivity contribution in [1.82, 2.24) is 0 Å². The van der Waals surface area contributed by atoms with Crippen molar-refractivity contribution in [3.8, 4) is 0 Å². The van der Waals surface area contributed by atoms with Crippen molar-refractivity contribution in [3.05, 3.63) is 12.2 Å². The maximum absolute atomic E-state index is 10.5. The molecule has 0 aliphatic carbocycles. The molecule has 0 saturated heterocycles. The number of hydrogen-bond acceptors (Lipinski definition) is 2. The molecular weight excluding hydrogens is 496 g/mol. The van der Waals surface area contributed by atoms with E-state index in [0.717, 1.165) is 25.7 Å². The van der Waals surface area contributed by atoms with Crippen LogP contribution in [0.25, 0.3) is 0 Å². The number of allylic oxidation sites excluding steroid dienone is 1. The van der Waals surface area contributed by atoms with Gasteiger partial charge >= 0.3 is 11.9 Å². The monoisotopic (exact) mass is 565 g/mol. The Balaban J connectivity index is 3.06. The van der Waals surface area contributed by atoms with Crippen LogP contribution in [-0.4, -0.2) is 22.2 Å². The lowest BCUT2D eigenvalue weighted by Gasteiger charge is -2.04. The van der Waals surface area contributed by atoms with Crippen LogP contribution >= 0.6 is 0 Å². The topological polar surface area (TPSA) is 74.6 Å². The molecule has 0 amide bonds. The molecule has 0 aliphatic rings. The highest BCUT2D eigenvalue weighted by Crippen LogP contribution is 2.16. The first-order chi connectivity index (χ1) is 19.6. The second kappa shape index (κ2) is 33.9. The summed E-state index contributed by atoms with van der Waals surface area (Å²) in [7, 11) is 0. The molecule has 0 aromatic heterocycles. The Labute approximate surface area is 249 Å². The van der Waals surface area contributed by atoms with Crippen LogP contribution in [0.1, 0.15) is 205 Å². The molecule has 236 valence electrons. The second-order valence-electron chi connectivity index (χ2n) is 12.3. The molecule has 0 heterocycles. The van der Waals surface area contributed by atoms with E-state index in [9.17, 15) is 9.59 Å². The van der Waals surface area contributed by atoms with Gasteiger partial charge in [0.25, 0.3) is 0 Å². The summed E-state index contributed by atoms with van der Waals surface area (Å²) in [5.74, 6) is -1.49. The van der Waals surface area contributed by atoms with Crippen LogP contribution in [0.15, 0.2) is 12.2 Å². The van der Waals surface area contributed by atoms with Crippen LogP contribution in [0.2, 0.25) is 0 Å². The molecule has 0 aromatic carbocycles. The van der Waals surface area contributed by atoms with Crippen LogP contribution in [-0.2, 0) is 9.59 Å². The minimum Gasteiger partial charge on any atom is -0.481 e. The van der Waals surface area contributed by atoms with Gasteiger partial charge in [-0.3, -0.25) is 4.79 Å². The first-order valence-electron chi connectivity index (χ1n) is 17.7. The fourth-order valence-corrected chi connectivity index (χ4v) is 5.67. The lowest BCUT2D eigenvalue weighted by molar-refractivity contribution is -0.137. The van der Waals surface area contributed by atoms with E-state index in [1.165, 1.54) is 179 Å². The predicted molar refractivity (Wildman–Crippen MR) is 172 cm³/mol. The number of unbranched alkanes of at least 4 members (excludes halogenated alkanes) is 30. The average molecular weight is 565 g/mol. The van der Waals surface area contributed by atoms with Crippen LogP contribution in [0, 0.1) is 0 Å². The summed E-state index contributed by atoms with van der Waals surface area (Å²) >= 11 is 0. The molecule has 0 bridgehead atoms. The van der Waals surface area contributed by atoms with E-state index in [4.69, 9.17) is 10.2 Å². The molecule has 0 unspecified atom stereocenters. The van der Waals surface area contributed by atoms with Gasteiger partial charge < -0.3 is 10.2 Å². The van der Waals surface area contributed by atoms with E-state index in [2.05, 4.69) is 0 Å². The maximum atomic E-state index is 10.5. The Hall–Kier alpha value is -1.32. The quantitative estimate of drug-likeness (QED) is 0.0602. The number of carboxylic acid groups (broad SMARTS) is 2. The van der Waals surface area contributed by atoms with Crippen molar-refractivity contribution in [2.75, 3.05) is 0 Å². The molecule has 0 rings (SSSR count). The second-order valence-corrected chi connectivity index (χ2v) is 12.3. The molecule has 0 aliphatic heterocycles. The summed E-state index contributed by atoms with van der Waals surface area (Å²) in [5, 5.41) is 17.2. The number of carboxylic acids is 2. The summed E-state index contributed by atoms with van der Waals surface area (Å²) in [4.78, 5) is 20.9. The Kier molecular flexibility index (Phi) is 32.8. The number of carbonyl (C=O) groups is 2. The van der Waals surface area contributed by atoms with E-state index in [0.29, 0.717) is 6.42 Å². The summed E-state index contributed by atoms with van der Waals surface area (Å²) in [5.41, 5.74) is 0. The molecule has 2 N–H and O–H groups in total. The Morgan fingerprint density at radius 1 is 0.350 bits per heavy atom. The molecule has 0 atom stereocenters. The van der Waals surface area contributed by atoms with Gasteiger partial charge in [0.2, 0.25) is 0 Å². The summed E-state index contributed by atoms with van der Waals surface area (Å²) < 4.78 is 0. The molecule has 4 heteroatoms. The largest absolute Gasteiger partial charge is 0.481 e. The third kappa shape index (κ3) is 36.7. The van der Waals surface area contributed by atoms with E-state index in [1.54, 1.807) is 6.08 Å². The van der Waals surface area contributed by atoms with E-state index < -0.39 is 11.9 Å². The van der Waals surface area contributed by atoms with E-state index in [1.807, 2.05) is 0 Å². The zero-order valence-electron chi connectivity index (χ0n) is 26.5. The SMILES string of the molecule is O=C(O)/C=C/CCCCCCCCCCCCCCCCCCCCCCCCCCCCCCCCC(=O)O. The average Bonchev–Trinajstić information content (AvgIpc) is 2.93. The number of aliphatic carboxylic acids is 2. The van der Waals surface area contributed by atoms with Crippen molar-refractivity contribution in [1.29, 1.82) is 0 Å². The third-order valence-electron chi connectivity index (χ3n) is 8.27. The van der Waals surface area contributed by atoms with Gasteiger partial charge in [-0.15, -0.1) is 0 Å². The predicted octanol–water partition coefficient (Wildman–Crippen LogP) is 12.2. The highest BCUT2D eigenvalue weighted by atomic mass is 16.4. The fraction of sp³-hybridized carbons (Fsp3) is 0.889. The Morgan fingerprint density at radius 2 is 0.575 bits per heavy atom. The molecule has 0 saturated carbocycles. The van der Waals surface area contributed by atoms with Crippen molar-refractivity contribution in [2.45, 2.75) is 205 Å². The molecule has 0 radical (unpaired) electrons. The third-order valence-corrected chi connectivity index (χ3v) is 8.27. The van der Waals surface area contributed by atoms with Crippen molar-refractivity contribution >= 4 is 11.9 Å². The lowest BCUT2D eigenvalue weighted by Crippen LogP contribution is -1.93. The summed E-state index contributed by atoms with van der Waals surface area (Å²) in [6.45, 7) is 0. The van der Waals surface area contributed by atoms with Gasteiger partial charge in [-0.1, -0.05) is 186 Å². The summed E-state index contributed by atoms with van der Waals surface area (Å²) in [6.07, 6.45) is 44.8. The van der Waals surface area contributed by atoms with Gasteiger partial charge in [0.05, 0.1) is 0 Å². The standard InChI is InChI=1S/C36H68O4/c37-35(38)33-31-29-27-25-23-21-19-17-15-13-11-9-7-5-3-1-2-4-6-8-10-12-14-16-18-20-22-24-26-28-30-32-34-36(39)40/h31,33H,1-30,32,34H2,(H,37,38)(H,39,40)/b33-31+. The molecule has 0 spiro atoms. The van der Waals surface area contributed by atoms with Crippen LogP contribution in [0.3, 0.4) is 0 Å². The van der Waals surface area contributed by atoms with Crippen LogP contribution in [0.5, 0.6) is 0 Å². The van der Waals surface area contributed by atoms with Crippen molar-refractivity contribution in [3.63, 3.8) is 0 Å². The van der Waals surface area contributed by atoms with Crippen molar-refractivity contribution in [2.24, 2.45) is 0 Å². The molecule has 40 heavy (non-hydrogen) atoms. The summed E-state index contributed by atoms with van der Waals surface area (Å²) in [6, 6.07) is 0. The number of rotatable bonds is 34. The van der Waals surface area contributed by atoms with Gasteiger partial charge in [0.1, 0.15) is 0 Å². The smallest absolute Gasteiger partial charge is 0.327 e. The van der Waals surface area contributed by atoms with Gasteiger partial charge in [-0.25, -0.2) is 4.79 Å². The molecule has 4 nitrogen and oxygen atoms in total. The fourth-order valence-electron chi connectivity index (χ4n) is 5.67. The highest BCUT2D eigenvalue weighted by Gasteiger charge is 1.98. The Morgan fingerprint density at radius 3 is 0.800 bits per heavy atom. The Bertz CT molecular complexity index is 557. The van der Waals surface area contributed by atoms with Crippen molar-refractivity contribution < 1.29 is 19.8 Å². The molecule has 0 fully saturated rings. The maximum Gasteiger partial charge on any atom is 0.327 e. The first kappa shape index (κ1) is 38.7. The first-order valence-corrected chi connectivity index (χ1v) is 17.7. The number of hydrogen-bond donors (Lipinski definition) is 2. The van der Waals surface area contributed by atoms with Gasteiger partial charge in [-0.05, 0) is 19.3 Å². The normalized spacial score (nSPS) is 11.5. The lowest BCUT2D eigenvalue weighted by atomic mass is 10.0. The van der Waals surface area contributed by atoms with E-state index >= 15 is 0 Å². The molecule has 0 aromatic rings. The molecular formula is C36H68O4. The highest BCUT2D eigenvalue weighted by molar-refractivity contribution is 5.79. The van der Waals surface area contributed by atoms with Crippen LogP contribution < -0.4 is 0 Å². The van der Waals surface area contributed by atoms with E-state index in [-0.39, 0.29) is 0 Å². The minimum atomic E-state index is -0.835. The van der Waals surface area contributed by atoms with Gasteiger partial charge in [-0.2, -0.15) is 0 Å². The van der Waals surface area contributed by atoms with Gasteiger partial charge in [0.15, 0.2) is 0 Å². The minimum absolute atomic E-state index is 0.338. The zero-order valence-corrected chi connectivity index (χ0v) is 26.5. The van der Waals surface area contributed by atoms with Crippen LogP contribution in [0.4, 0.5) is 0 Å². The zero-order chi connectivity index (χ0) is 29.2. The van der Waals surface area contributed by atoms with Gasteiger partial charge in [0, 0.05) is 12.5 Å².